The molecule has 0 radical (unpaired) electrons. The smallest absolute Gasteiger partial charge is 0.216 e. The molecule has 2 aromatic carbocycles. The SMILES string of the molecule is C[Si](C)(C)CC1CC(c2ccccc2)N=C(c2ccccc2)O1. The average Bonchev–Trinajstić information content (AvgIpc) is 2.55. The molecule has 23 heavy (non-hydrogen) atoms. The first kappa shape index (κ1) is 16.0. The predicted molar refractivity (Wildman–Crippen MR) is 99.8 cm³/mol. The van der Waals surface area contributed by atoms with Crippen LogP contribution in [0.1, 0.15) is 23.6 Å². The van der Waals surface area contributed by atoms with Gasteiger partial charge in [-0.1, -0.05) is 68.2 Å². The van der Waals surface area contributed by atoms with Crippen LogP contribution in [0.2, 0.25) is 25.7 Å². The van der Waals surface area contributed by atoms with E-state index in [1.807, 2.05) is 18.2 Å². The Hall–Kier alpha value is -1.87. The third-order valence-corrected chi connectivity index (χ3v) is 5.76. The first-order valence-electron chi connectivity index (χ1n) is 8.36. The van der Waals surface area contributed by atoms with Gasteiger partial charge in [0.2, 0.25) is 5.90 Å². The van der Waals surface area contributed by atoms with Gasteiger partial charge in [0.1, 0.15) is 6.10 Å². The van der Waals surface area contributed by atoms with Gasteiger partial charge in [-0.3, -0.25) is 0 Å². The molecule has 0 aliphatic carbocycles. The maximum absolute atomic E-state index is 6.28. The Balaban J connectivity index is 1.92. The van der Waals surface area contributed by atoms with E-state index in [4.69, 9.17) is 9.73 Å². The van der Waals surface area contributed by atoms with Gasteiger partial charge in [0.05, 0.1) is 6.04 Å². The second-order valence-electron chi connectivity index (χ2n) is 7.47. The van der Waals surface area contributed by atoms with E-state index in [9.17, 15) is 0 Å². The number of benzene rings is 2. The van der Waals surface area contributed by atoms with Crippen molar-refractivity contribution in [2.45, 2.75) is 44.3 Å². The summed E-state index contributed by atoms with van der Waals surface area (Å²) in [6.07, 6.45) is 1.24. The van der Waals surface area contributed by atoms with Gasteiger partial charge in [0.25, 0.3) is 0 Å². The van der Waals surface area contributed by atoms with Crippen molar-refractivity contribution in [1.82, 2.24) is 0 Å². The summed E-state index contributed by atoms with van der Waals surface area (Å²) in [6, 6.07) is 22.2. The molecule has 1 aliphatic rings. The molecule has 1 heterocycles. The van der Waals surface area contributed by atoms with Crippen molar-refractivity contribution in [2.24, 2.45) is 4.99 Å². The van der Waals surface area contributed by atoms with Gasteiger partial charge in [-0.05, 0) is 23.7 Å². The Morgan fingerprint density at radius 1 is 0.957 bits per heavy atom. The van der Waals surface area contributed by atoms with Gasteiger partial charge < -0.3 is 4.74 Å². The lowest BCUT2D eigenvalue weighted by Gasteiger charge is -2.32. The van der Waals surface area contributed by atoms with Crippen molar-refractivity contribution >= 4 is 14.0 Å². The lowest BCUT2D eigenvalue weighted by molar-refractivity contribution is 0.167. The van der Waals surface area contributed by atoms with Gasteiger partial charge in [0.15, 0.2) is 0 Å². The average molecular weight is 324 g/mol. The summed E-state index contributed by atoms with van der Waals surface area (Å²) in [5.41, 5.74) is 2.36. The fraction of sp³-hybridized carbons (Fsp3) is 0.350. The van der Waals surface area contributed by atoms with E-state index >= 15 is 0 Å². The van der Waals surface area contributed by atoms with Crippen molar-refractivity contribution in [3.05, 3.63) is 71.8 Å². The summed E-state index contributed by atoms with van der Waals surface area (Å²) < 4.78 is 6.28. The predicted octanol–water partition coefficient (Wildman–Crippen LogP) is 5.30. The van der Waals surface area contributed by atoms with Gasteiger partial charge in [-0.25, -0.2) is 4.99 Å². The van der Waals surface area contributed by atoms with Crippen LogP contribution in [0.3, 0.4) is 0 Å². The van der Waals surface area contributed by atoms with E-state index in [0.717, 1.165) is 17.9 Å². The molecule has 3 rings (SSSR count). The minimum Gasteiger partial charge on any atom is -0.474 e. The zero-order valence-electron chi connectivity index (χ0n) is 14.2. The van der Waals surface area contributed by atoms with Crippen molar-refractivity contribution in [1.29, 1.82) is 0 Å². The molecule has 0 saturated carbocycles. The Labute approximate surface area is 140 Å². The molecule has 0 saturated heterocycles. The molecule has 0 aromatic heterocycles. The monoisotopic (exact) mass is 323 g/mol. The molecule has 0 N–H and O–H groups in total. The van der Waals surface area contributed by atoms with Crippen LogP contribution in [-0.4, -0.2) is 20.1 Å². The summed E-state index contributed by atoms with van der Waals surface area (Å²) in [4.78, 5) is 4.91. The molecule has 0 bridgehead atoms. The molecule has 0 spiro atoms. The topological polar surface area (TPSA) is 21.6 Å². The van der Waals surface area contributed by atoms with Crippen LogP contribution in [0.15, 0.2) is 65.7 Å². The van der Waals surface area contributed by atoms with E-state index in [1.54, 1.807) is 0 Å². The molecule has 2 nitrogen and oxygen atoms in total. The van der Waals surface area contributed by atoms with Crippen molar-refractivity contribution in [3.63, 3.8) is 0 Å². The van der Waals surface area contributed by atoms with Crippen LogP contribution in [0, 0.1) is 0 Å². The molecule has 2 atom stereocenters. The highest BCUT2D eigenvalue weighted by Gasteiger charge is 2.30. The summed E-state index contributed by atoms with van der Waals surface area (Å²) in [5, 5.41) is 0. The first-order valence-corrected chi connectivity index (χ1v) is 12.1. The second-order valence-corrected chi connectivity index (χ2v) is 13.0. The Bertz CT molecular complexity index is 661. The molecule has 2 aromatic rings. The number of ether oxygens (including phenoxy) is 1. The Morgan fingerprint density at radius 2 is 1.57 bits per heavy atom. The van der Waals surface area contributed by atoms with Crippen molar-refractivity contribution in [2.75, 3.05) is 0 Å². The Kier molecular flexibility index (Phi) is 4.67. The molecular formula is C20H25NOSi. The molecule has 1 aliphatic heterocycles. The summed E-state index contributed by atoms with van der Waals surface area (Å²) in [5.74, 6) is 0.800. The van der Waals surface area contributed by atoms with E-state index in [0.29, 0.717) is 0 Å². The number of nitrogens with zero attached hydrogens (tertiary/aromatic N) is 1. The van der Waals surface area contributed by atoms with E-state index in [1.165, 1.54) is 11.6 Å². The van der Waals surface area contributed by atoms with Crippen LogP contribution in [0.5, 0.6) is 0 Å². The molecule has 2 unspecified atom stereocenters. The summed E-state index contributed by atoms with van der Waals surface area (Å²) in [6.45, 7) is 7.21. The molecule has 3 heteroatoms. The third kappa shape index (κ3) is 4.32. The standard InChI is InChI=1S/C20H25NOSi/c1-23(2,3)15-18-14-19(16-10-6-4-7-11-16)21-20(22-18)17-12-8-5-9-13-17/h4-13,18-19H,14-15H2,1-3H3. The lowest BCUT2D eigenvalue weighted by atomic mass is 10.00. The van der Waals surface area contributed by atoms with E-state index in [-0.39, 0.29) is 12.1 Å². The third-order valence-electron chi connectivity index (χ3n) is 4.08. The number of aliphatic imine (C=N–C) groups is 1. The van der Waals surface area contributed by atoms with Gasteiger partial charge in [-0.2, -0.15) is 0 Å². The number of hydrogen-bond donors (Lipinski definition) is 0. The quantitative estimate of drug-likeness (QED) is 0.699. The summed E-state index contributed by atoms with van der Waals surface area (Å²) >= 11 is 0. The van der Waals surface area contributed by atoms with Crippen molar-refractivity contribution < 1.29 is 4.74 Å². The highest BCUT2D eigenvalue weighted by atomic mass is 28.3. The van der Waals surface area contributed by atoms with Gasteiger partial charge >= 0.3 is 0 Å². The molecule has 0 amide bonds. The molecule has 120 valence electrons. The molecule has 0 fully saturated rings. The van der Waals surface area contributed by atoms with Crippen molar-refractivity contribution in [3.8, 4) is 0 Å². The molecular weight excluding hydrogens is 298 g/mol. The fourth-order valence-corrected chi connectivity index (χ4v) is 4.71. The maximum Gasteiger partial charge on any atom is 0.216 e. The normalized spacial score (nSPS) is 21.4. The zero-order chi connectivity index (χ0) is 16.3. The number of hydrogen-bond acceptors (Lipinski definition) is 2. The lowest BCUT2D eigenvalue weighted by Crippen LogP contribution is -2.34. The van der Waals surface area contributed by atoms with Crippen LogP contribution >= 0.6 is 0 Å². The zero-order valence-corrected chi connectivity index (χ0v) is 15.2. The number of rotatable bonds is 4. The van der Waals surface area contributed by atoms with E-state index < -0.39 is 8.07 Å². The summed E-state index contributed by atoms with van der Waals surface area (Å²) in [7, 11) is -1.19. The minimum atomic E-state index is -1.19. The van der Waals surface area contributed by atoms with Gasteiger partial charge in [0, 0.05) is 20.1 Å². The van der Waals surface area contributed by atoms with Crippen LogP contribution in [-0.2, 0) is 4.74 Å². The van der Waals surface area contributed by atoms with Gasteiger partial charge in [-0.15, -0.1) is 0 Å². The van der Waals surface area contributed by atoms with Crippen LogP contribution in [0.4, 0.5) is 0 Å². The van der Waals surface area contributed by atoms with E-state index in [2.05, 4.69) is 62.1 Å². The maximum atomic E-state index is 6.28. The highest BCUT2D eigenvalue weighted by molar-refractivity contribution is 6.76. The first-order chi connectivity index (χ1) is 11.0. The Morgan fingerprint density at radius 3 is 2.17 bits per heavy atom. The largest absolute Gasteiger partial charge is 0.474 e. The minimum absolute atomic E-state index is 0.196. The van der Waals surface area contributed by atoms with Crippen LogP contribution < -0.4 is 0 Å². The second kappa shape index (κ2) is 6.71. The fourth-order valence-electron chi connectivity index (χ4n) is 3.10. The van der Waals surface area contributed by atoms with Crippen LogP contribution in [0.25, 0.3) is 0 Å². The highest BCUT2D eigenvalue weighted by Crippen LogP contribution is 2.32.